The van der Waals surface area contributed by atoms with Crippen LogP contribution in [0.25, 0.3) is 0 Å². The van der Waals surface area contributed by atoms with E-state index in [0.29, 0.717) is 19.3 Å². The van der Waals surface area contributed by atoms with Crippen LogP contribution in [0.2, 0.25) is 0 Å². The highest BCUT2D eigenvalue weighted by molar-refractivity contribution is 5.89. The standard InChI is InChI=1S/C14H15NO2/c1-17-12-6-3-2-5-11(12)9-14(10-15)8-4-7-13(14)16/h2-3,5-6H,4,7-9H2,1H3. The fourth-order valence-electron chi connectivity index (χ4n) is 2.45. The Bertz CT molecular complexity index is 475. The molecule has 2 rings (SSSR count). The third-order valence-corrected chi connectivity index (χ3v) is 3.44. The molecule has 3 heteroatoms. The Hall–Kier alpha value is -1.82. The van der Waals surface area contributed by atoms with Crippen molar-refractivity contribution in [2.24, 2.45) is 5.41 Å². The maximum Gasteiger partial charge on any atom is 0.153 e. The summed E-state index contributed by atoms with van der Waals surface area (Å²) in [5.41, 5.74) is 0.112. The second-order valence-corrected chi connectivity index (χ2v) is 4.46. The van der Waals surface area contributed by atoms with E-state index in [-0.39, 0.29) is 5.78 Å². The molecule has 3 nitrogen and oxygen atoms in total. The average Bonchev–Trinajstić information content (AvgIpc) is 2.72. The summed E-state index contributed by atoms with van der Waals surface area (Å²) in [6, 6.07) is 9.79. The predicted octanol–water partition coefficient (Wildman–Crippen LogP) is 2.50. The first kappa shape index (κ1) is 11.7. The Balaban J connectivity index is 2.31. The van der Waals surface area contributed by atoms with Crippen LogP contribution in [0.5, 0.6) is 5.75 Å². The van der Waals surface area contributed by atoms with Crippen LogP contribution in [-0.4, -0.2) is 12.9 Å². The molecule has 0 N–H and O–H groups in total. The summed E-state index contributed by atoms with van der Waals surface area (Å²) in [6.45, 7) is 0. The van der Waals surface area contributed by atoms with Crippen LogP contribution in [0.1, 0.15) is 24.8 Å². The molecule has 1 aromatic rings. The minimum absolute atomic E-state index is 0.0749. The highest BCUT2D eigenvalue weighted by Gasteiger charge is 2.42. The lowest BCUT2D eigenvalue weighted by Crippen LogP contribution is -2.26. The fourth-order valence-corrected chi connectivity index (χ4v) is 2.45. The van der Waals surface area contributed by atoms with E-state index in [0.717, 1.165) is 17.7 Å². The van der Waals surface area contributed by atoms with Crippen molar-refractivity contribution >= 4 is 5.78 Å². The molecule has 0 aromatic heterocycles. The van der Waals surface area contributed by atoms with Crippen molar-refractivity contribution in [2.75, 3.05) is 7.11 Å². The van der Waals surface area contributed by atoms with Crippen molar-refractivity contribution in [3.05, 3.63) is 29.8 Å². The van der Waals surface area contributed by atoms with Crippen LogP contribution in [0.3, 0.4) is 0 Å². The van der Waals surface area contributed by atoms with Gasteiger partial charge in [0.05, 0.1) is 13.2 Å². The van der Waals surface area contributed by atoms with Crippen molar-refractivity contribution in [1.29, 1.82) is 5.26 Å². The highest BCUT2D eigenvalue weighted by Crippen LogP contribution is 2.39. The quantitative estimate of drug-likeness (QED) is 0.800. The Morgan fingerprint density at radius 3 is 2.82 bits per heavy atom. The van der Waals surface area contributed by atoms with E-state index in [1.54, 1.807) is 7.11 Å². The predicted molar refractivity (Wildman–Crippen MR) is 63.6 cm³/mol. The molecule has 0 amide bonds. The van der Waals surface area contributed by atoms with E-state index in [1.807, 2.05) is 24.3 Å². The summed E-state index contributed by atoms with van der Waals surface area (Å²) in [5.74, 6) is 0.827. The molecule has 1 saturated carbocycles. The van der Waals surface area contributed by atoms with Crippen LogP contribution < -0.4 is 4.74 Å². The van der Waals surface area contributed by atoms with Gasteiger partial charge in [-0.1, -0.05) is 18.2 Å². The van der Waals surface area contributed by atoms with Gasteiger partial charge in [0.25, 0.3) is 0 Å². The number of ketones is 1. The van der Waals surface area contributed by atoms with Gasteiger partial charge in [-0.3, -0.25) is 4.79 Å². The molecular formula is C14H15NO2. The van der Waals surface area contributed by atoms with E-state index in [9.17, 15) is 10.1 Å². The number of hydrogen-bond acceptors (Lipinski definition) is 3. The number of para-hydroxylation sites is 1. The minimum Gasteiger partial charge on any atom is -0.496 e. The Morgan fingerprint density at radius 2 is 2.24 bits per heavy atom. The van der Waals surface area contributed by atoms with Gasteiger partial charge in [-0.2, -0.15) is 5.26 Å². The normalized spacial score (nSPS) is 23.4. The summed E-state index contributed by atoms with van der Waals surface area (Å²) < 4.78 is 5.26. The number of ether oxygens (including phenoxy) is 1. The molecule has 1 aromatic carbocycles. The van der Waals surface area contributed by atoms with E-state index in [4.69, 9.17) is 4.74 Å². The lowest BCUT2D eigenvalue weighted by atomic mass is 9.80. The molecular weight excluding hydrogens is 214 g/mol. The van der Waals surface area contributed by atoms with Gasteiger partial charge in [-0.25, -0.2) is 0 Å². The number of methoxy groups -OCH3 is 1. The summed E-state index contributed by atoms with van der Waals surface area (Å²) in [5, 5.41) is 9.30. The largest absolute Gasteiger partial charge is 0.496 e. The van der Waals surface area contributed by atoms with E-state index >= 15 is 0 Å². The van der Waals surface area contributed by atoms with Crippen molar-refractivity contribution < 1.29 is 9.53 Å². The first-order valence-corrected chi connectivity index (χ1v) is 5.78. The molecule has 1 unspecified atom stereocenters. The third-order valence-electron chi connectivity index (χ3n) is 3.44. The summed E-state index contributed by atoms with van der Waals surface area (Å²) in [4.78, 5) is 11.9. The van der Waals surface area contributed by atoms with Crippen molar-refractivity contribution in [2.45, 2.75) is 25.7 Å². The van der Waals surface area contributed by atoms with Gasteiger partial charge in [0, 0.05) is 12.8 Å². The first-order valence-electron chi connectivity index (χ1n) is 5.78. The molecule has 1 atom stereocenters. The van der Waals surface area contributed by atoms with E-state index < -0.39 is 5.41 Å². The Kier molecular flexibility index (Phi) is 3.14. The van der Waals surface area contributed by atoms with E-state index in [1.165, 1.54) is 0 Å². The molecule has 0 saturated heterocycles. The zero-order valence-electron chi connectivity index (χ0n) is 9.90. The number of nitriles is 1. The van der Waals surface area contributed by atoms with Gasteiger partial charge in [-0.15, -0.1) is 0 Å². The molecule has 1 aliphatic rings. The smallest absolute Gasteiger partial charge is 0.153 e. The number of nitrogens with zero attached hydrogens (tertiary/aromatic N) is 1. The van der Waals surface area contributed by atoms with Crippen LogP contribution in [0.15, 0.2) is 24.3 Å². The Labute approximate surface area is 101 Å². The van der Waals surface area contributed by atoms with Gasteiger partial charge < -0.3 is 4.74 Å². The first-order chi connectivity index (χ1) is 8.22. The molecule has 88 valence electrons. The summed E-state index contributed by atoms with van der Waals surface area (Å²) in [6.07, 6.45) is 2.48. The second kappa shape index (κ2) is 4.58. The van der Waals surface area contributed by atoms with Crippen molar-refractivity contribution in [1.82, 2.24) is 0 Å². The molecule has 0 spiro atoms. The number of carbonyl (C=O) groups excluding carboxylic acids is 1. The van der Waals surface area contributed by atoms with E-state index in [2.05, 4.69) is 6.07 Å². The van der Waals surface area contributed by atoms with Crippen LogP contribution in [0.4, 0.5) is 0 Å². The highest BCUT2D eigenvalue weighted by atomic mass is 16.5. The van der Waals surface area contributed by atoms with Crippen molar-refractivity contribution in [3.8, 4) is 11.8 Å². The van der Waals surface area contributed by atoms with Gasteiger partial charge in [0.15, 0.2) is 5.78 Å². The lowest BCUT2D eigenvalue weighted by molar-refractivity contribution is -0.123. The third kappa shape index (κ3) is 2.03. The van der Waals surface area contributed by atoms with Gasteiger partial charge >= 0.3 is 0 Å². The molecule has 17 heavy (non-hydrogen) atoms. The van der Waals surface area contributed by atoms with Gasteiger partial charge in [0.1, 0.15) is 11.2 Å². The summed E-state index contributed by atoms with van der Waals surface area (Å²) >= 11 is 0. The molecule has 0 radical (unpaired) electrons. The second-order valence-electron chi connectivity index (χ2n) is 4.46. The monoisotopic (exact) mass is 229 g/mol. The maximum atomic E-state index is 11.9. The summed E-state index contributed by atoms with van der Waals surface area (Å²) in [7, 11) is 1.61. The van der Waals surface area contributed by atoms with Crippen LogP contribution in [-0.2, 0) is 11.2 Å². The van der Waals surface area contributed by atoms with Crippen LogP contribution in [0, 0.1) is 16.7 Å². The molecule has 0 aliphatic heterocycles. The lowest BCUT2D eigenvalue weighted by Gasteiger charge is -2.19. The number of rotatable bonds is 3. The molecule has 0 bridgehead atoms. The fraction of sp³-hybridized carbons (Fsp3) is 0.429. The zero-order valence-corrected chi connectivity index (χ0v) is 9.90. The molecule has 0 heterocycles. The number of Topliss-reactive ketones (excluding diaryl/α,β-unsaturated/α-hetero) is 1. The van der Waals surface area contributed by atoms with Gasteiger partial charge in [0.2, 0.25) is 0 Å². The van der Waals surface area contributed by atoms with Crippen molar-refractivity contribution in [3.63, 3.8) is 0 Å². The Morgan fingerprint density at radius 1 is 1.47 bits per heavy atom. The molecule has 1 aliphatic carbocycles. The average molecular weight is 229 g/mol. The topological polar surface area (TPSA) is 50.1 Å². The number of benzene rings is 1. The molecule has 1 fully saturated rings. The van der Waals surface area contributed by atoms with Crippen LogP contribution >= 0.6 is 0 Å². The zero-order chi connectivity index (χ0) is 12.3. The minimum atomic E-state index is -0.825. The SMILES string of the molecule is COc1ccccc1CC1(C#N)CCCC1=O. The number of carbonyl (C=O) groups is 1. The maximum absolute atomic E-state index is 11.9. The van der Waals surface area contributed by atoms with Gasteiger partial charge in [-0.05, 0) is 24.5 Å². The number of hydrogen-bond donors (Lipinski definition) is 0.